The summed E-state index contributed by atoms with van der Waals surface area (Å²) in [6.07, 6.45) is 1.71. The lowest BCUT2D eigenvalue weighted by molar-refractivity contribution is -0.132. The number of aromatic nitrogens is 1. The van der Waals surface area contributed by atoms with Gasteiger partial charge in [0.05, 0.1) is 11.3 Å². The van der Waals surface area contributed by atoms with Crippen molar-refractivity contribution in [3.63, 3.8) is 0 Å². The quantitative estimate of drug-likeness (QED) is 0.347. The number of carbonyl (C=O) groups is 2. The molecule has 0 fully saturated rings. The third kappa shape index (κ3) is 5.15. The van der Waals surface area contributed by atoms with Gasteiger partial charge in [0, 0.05) is 24.8 Å². The molecule has 7 heteroatoms. The molecular weight excluding hydrogens is 388 g/mol. The van der Waals surface area contributed by atoms with Crippen LogP contribution in [0, 0.1) is 11.3 Å². The predicted molar refractivity (Wildman–Crippen MR) is 110 cm³/mol. The molecule has 0 amide bonds. The molecule has 0 bridgehead atoms. The average molecular weight is 404 g/mol. The zero-order valence-electron chi connectivity index (χ0n) is 15.7. The number of esters is 2. The van der Waals surface area contributed by atoms with E-state index in [0.717, 1.165) is 5.56 Å². The van der Waals surface area contributed by atoms with Gasteiger partial charge in [-0.3, -0.25) is 9.59 Å². The minimum absolute atomic E-state index is 0.393. The van der Waals surface area contributed by atoms with Gasteiger partial charge in [-0.05, 0) is 35.9 Å². The number of hydrogen-bond donors (Lipinski definition) is 0. The molecule has 0 spiro atoms. The number of ether oxygens (including phenoxy) is 2. The normalized spacial score (nSPS) is 10.9. The van der Waals surface area contributed by atoms with Gasteiger partial charge in [-0.25, -0.2) is 4.98 Å². The van der Waals surface area contributed by atoms with Gasteiger partial charge < -0.3 is 9.47 Å². The van der Waals surface area contributed by atoms with E-state index in [9.17, 15) is 14.9 Å². The van der Waals surface area contributed by atoms with Crippen molar-refractivity contribution in [2.45, 2.75) is 13.8 Å². The second-order valence-corrected chi connectivity index (χ2v) is 6.82. The monoisotopic (exact) mass is 404 g/mol. The van der Waals surface area contributed by atoms with E-state index >= 15 is 0 Å². The smallest absolute Gasteiger partial charge is 0.308 e. The lowest BCUT2D eigenvalue weighted by Gasteiger charge is -2.06. The number of allylic oxidation sites excluding steroid dienone is 1. The Hall–Kier alpha value is -3.76. The highest BCUT2D eigenvalue weighted by molar-refractivity contribution is 7.11. The second kappa shape index (κ2) is 8.95. The standard InChI is InChI=1S/C22H16N2O4S/c1-14(25)27-18-9-7-16(8-10-18)11-17(12-23)22-24-20(13-29-22)19-5-3-4-6-21(19)28-15(2)26/h3-11,13H,1-2H3. The maximum atomic E-state index is 11.3. The van der Waals surface area contributed by atoms with Crippen LogP contribution in [0.2, 0.25) is 0 Å². The number of hydrogen-bond acceptors (Lipinski definition) is 7. The molecule has 2 aromatic carbocycles. The van der Waals surface area contributed by atoms with Crippen LogP contribution in [-0.2, 0) is 9.59 Å². The third-order valence-electron chi connectivity index (χ3n) is 3.72. The largest absolute Gasteiger partial charge is 0.427 e. The Morgan fingerprint density at radius 2 is 1.72 bits per heavy atom. The average Bonchev–Trinajstić information content (AvgIpc) is 3.16. The predicted octanol–water partition coefficient (Wildman–Crippen LogP) is 4.72. The Labute approximate surface area is 171 Å². The van der Waals surface area contributed by atoms with E-state index < -0.39 is 11.9 Å². The maximum Gasteiger partial charge on any atom is 0.308 e. The van der Waals surface area contributed by atoms with Crippen LogP contribution in [-0.4, -0.2) is 16.9 Å². The zero-order valence-corrected chi connectivity index (χ0v) is 16.5. The molecule has 0 N–H and O–H groups in total. The molecule has 0 aliphatic rings. The highest BCUT2D eigenvalue weighted by Gasteiger charge is 2.13. The van der Waals surface area contributed by atoms with Gasteiger partial charge in [0.2, 0.25) is 0 Å². The van der Waals surface area contributed by atoms with E-state index in [4.69, 9.17) is 9.47 Å². The SMILES string of the molecule is CC(=O)Oc1ccc(C=C(C#N)c2nc(-c3ccccc3OC(C)=O)cs2)cc1. The number of nitrogens with zero attached hydrogens (tertiary/aromatic N) is 2. The van der Waals surface area contributed by atoms with Gasteiger partial charge in [-0.2, -0.15) is 5.26 Å². The number of carbonyl (C=O) groups excluding carboxylic acids is 2. The summed E-state index contributed by atoms with van der Waals surface area (Å²) < 4.78 is 10.2. The number of rotatable bonds is 5. The van der Waals surface area contributed by atoms with Crippen molar-refractivity contribution >= 4 is 34.9 Å². The molecular formula is C22H16N2O4S. The molecule has 1 heterocycles. The molecule has 3 rings (SSSR count). The van der Waals surface area contributed by atoms with Gasteiger partial charge in [-0.15, -0.1) is 11.3 Å². The van der Waals surface area contributed by atoms with Gasteiger partial charge in [0.15, 0.2) is 0 Å². The summed E-state index contributed by atoms with van der Waals surface area (Å²) in [7, 11) is 0. The fourth-order valence-electron chi connectivity index (χ4n) is 2.55. The molecule has 6 nitrogen and oxygen atoms in total. The molecule has 0 saturated heterocycles. The van der Waals surface area contributed by atoms with E-state index in [-0.39, 0.29) is 0 Å². The molecule has 0 aliphatic heterocycles. The van der Waals surface area contributed by atoms with Crippen LogP contribution in [0.3, 0.4) is 0 Å². The Bertz CT molecular complexity index is 1120. The fraction of sp³-hybridized carbons (Fsp3) is 0.0909. The molecule has 0 radical (unpaired) electrons. The van der Waals surface area contributed by atoms with Crippen LogP contribution in [0.15, 0.2) is 53.9 Å². The summed E-state index contributed by atoms with van der Waals surface area (Å²) in [6, 6.07) is 16.1. The van der Waals surface area contributed by atoms with Crippen LogP contribution in [0.25, 0.3) is 22.9 Å². The number of thiazole rings is 1. The van der Waals surface area contributed by atoms with E-state index in [0.29, 0.717) is 33.3 Å². The Kier molecular flexibility index (Phi) is 6.17. The van der Waals surface area contributed by atoms with Gasteiger partial charge in [-0.1, -0.05) is 24.3 Å². The van der Waals surface area contributed by atoms with Crippen LogP contribution in [0.5, 0.6) is 11.5 Å². The summed E-state index contributed by atoms with van der Waals surface area (Å²) >= 11 is 1.32. The molecule has 0 aliphatic carbocycles. The Morgan fingerprint density at radius 3 is 2.38 bits per heavy atom. The number of para-hydroxylation sites is 1. The fourth-order valence-corrected chi connectivity index (χ4v) is 3.34. The molecule has 0 unspecified atom stereocenters. The topological polar surface area (TPSA) is 89.3 Å². The summed E-state index contributed by atoms with van der Waals surface area (Å²) in [6.45, 7) is 2.67. The zero-order chi connectivity index (χ0) is 20.8. The van der Waals surface area contributed by atoms with Crippen molar-refractivity contribution in [3.05, 3.63) is 64.5 Å². The molecule has 3 aromatic rings. The summed E-state index contributed by atoms with van der Waals surface area (Å²) in [4.78, 5) is 26.9. The first-order valence-corrected chi connectivity index (χ1v) is 9.48. The Morgan fingerprint density at radius 1 is 1.03 bits per heavy atom. The molecule has 1 aromatic heterocycles. The van der Waals surface area contributed by atoms with Crippen LogP contribution >= 0.6 is 11.3 Å². The van der Waals surface area contributed by atoms with Crippen molar-refractivity contribution in [1.29, 1.82) is 5.26 Å². The highest BCUT2D eigenvalue weighted by atomic mass is 32.1. The first-order valence-electron chi connectivity index (χ1n) is 8.60. The Balaban J connectivity index is 1.89. The molecule has 29 heavy (non-hydrogen) atoms. The molecule has 144 valence electrons. The van der Waals surface area contributed by atoms with Crippen LogP contribution < -0.4 is 9.47 Å². The van der Waals surface area contributed by atoms with Gasteiger partial charge in [0.25, 0.3) is 0 Å². The van der Waals surface area contributed by atoms with Crippen LogP contribution in [0.1, 0.15) is 24.4 Å². The van der Waals surface area contributed by atoms with Gasteiger partial charge in [0.1, 0.15) is 22.6 Å². The lowest BCUT2D eigenvalue weighted by atomic mass is 10.1. The van der Waals surface area contributed by atoms with Crippen molar-refractivity contribution in [2.75, 3.05) is 0 Å². The third-order valence-corrected chi connectivity index (χ3v) is 4.60. The van der Waals surface area contributed by atoms with Crippen molar-refractivity contribution < 1.29 is 19.1 Å². The summed E-state index contributed by atoms with van der Waals surface area (Å²) in [5.74, 6) is 0.0465. The first kappa shape index (κ1) is 20.0. The highest BCUT2D eigenvalue weighted by Crippen LogP contribution is 2.33. The lowest BCUT2D eigenvalue weighted by Crippen LogP contribution is -2.02. The minimum atomic E-state index is -0.414. The number of nitriles is 1. The number of benzene rings is 2. The van der Waals surface area contributed by atoms with Gasteiger partial charge >= 0.3 is 11.9 Å². The van der Waals surface area contributed by atoms with E-state index in [1.165, 1.54) is 25.2 Å². The molecule has 0 atom stereocenters. The van der Waals surface area contributed by atoms with Crippen LogP contribution in [0.4, 0.5) is 0 Å². The van der Waals surface area contributed by atoms with Crippen molar-refractivity contribution in [2.24, 2.45) is 0 Å². The van der Waals surface area contributed by atoms with E-state index in [2.05, 4.69) is 11.1 Å². The minimum Gasteiger partial charge on any atom is -0.427 e. The van der Waals surface area contributed by atoms with Crippen molar-refractivity contribution in [3.8, 4) is 28.8 Å². The van der Waals surface area contributed by atoms with E-state index in [1.807, 2.05) is 11.4 Å². The summed E-state index contributed by atoms with van der Waals surface area (Å²) in [5.41, 5.74) is 2.46. The second-order valence-electron chi connectivity index (χ2n) is 5.96. The summed E-state index contributed by atoms with van der Waals surface area (Å²) in [5, 5.41) is 11.9. The molecule has 0 saturated carbocycles. The van der Waals surface area contributed by atoms with Crippen molar-refractivity contribution in [1.82, 2.24) is 4.98 Å². The first-order chi connectivity index (χ1) is 14.0. The maximum absolute atomic E-state index is 11.3. The van der Waals surface area contributed by atoms with E-state index in [1.54, 1.807) is 48.5 Å².